The predicted molar refractivity (Wildman–Crippen MR) is 92.7 cm³/mol. The van der Waals surface area contributed by atoms with Gasteiger partial charge in [-0.25, -0.2) is 4.98 Å². The zero-order valence-electron chi connectivity index (χ0n) is 14.3. The average Bonchev–Trinajstić information content (AvgIpc) is 2.82. The largest absolute Gasteiger partial charge is 0.480 e. The SMILES string of the molecule is COc1nccc2ccn([Si](C(C)C)(C(C)C)C(C)C)c12. The van der Waals surface area contributed by atoms with E-state index in [1.807, 2.05) is 6.20 Å². The molecular formula is C17H28N2OSi. The molecule has 21 heavy (non-hydrogen) atoms. The van der Waals surface area contributed by atoms with Gasteiger partial charge in [0, 0.05) is 11.6 Å². The van der Waals surface area contributed by atoms with Crippen LogP contribution >= 0.6 is 0 Å². The molecule has 0 N–H and O–H groups in total. The van der Waals surface area contributed by atoms with Crippen molar-refractivity contribution in [2.24, 2.45) is 0 Å². The van der Waals surface area contributed by atoms with Crippen LogP contribution in [0.5, 0.6) is 5.88 Å². The van der Waals surface area contributed by atoms with Crippen LogP contribution in [0, 0.1) is 0 Å². The Labute approximate surface area is 129 Å². The molecule has 0 aliphatic heterocycles. The first-order chi connectivity index (χ1) is 9.87. The quantitative estimate of drug-likeness (QED) is 0.721. The smallest absolute Gasteiger partial charge is 0.237 e. The summed E-state index contributed by atoms with van der Waals surface area (Å²) in [6.45, 7) is 14.3. The van der Waals surface area contributed by atoms with Crippen molar-refractivity contribution in [1.82, 2.24) is 9.22 Å². The van der Waals surface area contributed by atoms with E-state index in [0.717, 1.165) is 5.88 Å². The van der Waals surface area contributed by atoms with E-state index in [0.29, 0.717) is 16.6 Å². The normalized spacial score (nSPS) is 12.9. The topological polar surface area (TPSA) is 27.1 Å². The van der Waals surface area contributed by atoms with Crippen LogP contribution in [-0.4, -0.2) is 24.6 Å². The van der Waals surface area contributed by atoms with E-state index in [9.17, 15) is 0 Å². The van der Waals surface area contributed by atoms with Crippen LogP contribution in [0.2, 0.25) is 16.6 Å². The molecule has 0 atom stereocenters. The minimum Gasteiger partial charge on any atom is -0.480 e. The number of hydrogen-bond donors (Lipinski definition) is 0. The summed E-state index contributed by atoms with van der Waals surface area (Å²) in [5.74, 6) is 0.747. The fourth-order valence-corrected chi connectivity index (χ4v) is 11.0. The lowest BCUT2D eigenvalue weighted by Crippen LogP contribution is -2.51. The second kappa shape index (κ2) is 5.83. The van der Waals surface area contributed by atoms with Gasteiger partial charge in [0.05, 0.1) is 7.11 Å². The van der Waals surface area contributed by atoms with Crippen LogP contribution in [0.25, 0.3) is 10.9 Å². The van der Waals surface area contributed by atoms with Gasteiger partial charge in [-0.05, 0) is 35.0 Å². The van der Waals surface area contributed by atoms with E-state index in [1.165, 1.54) is 10.9 Å². The fraction of sp³-hybridized carbons (Fsp3) is 0.588. The summed E-state index contributed by atoms with van der Waals surface area (Å²) in [6, 6.07) is 4.28. The second-order valence-corrected chi connectivity index (χ2v) is 12.5. The van der Waals surface area contributed by atoms with Gasteiger partial charge in [-0.1, -0.05) is 41.5 Å². The molecule has 2 heterocycles. The Bertz CT molecular complexity index is 595. The number of nitrogens with zero attached hydrogens (tertiary/aromatic N) is 2. The minimum absolute atomic E-state index is 0.651. The van der Waals surface area contributed by atoms with Crippen molar-refractivity contribution in [3.63, 3.8) is 0 Å². The second-order valence-electron chi connectivity index (χ2n) is 6.80. The molecule has 2 aromatic rings. The molecule has 0 fully saturated rings. The molecule has 3 nitrogen and oxygen atoms in total. The molecule has 0 amide bonds. The Morgan fingerprint density at radius 3 is 2.05 bits per heavy atom. The number of ether oxygens (including phenoxy) is 1. The summed E-state index contributed by atoms with van der Waals surface area (Å²) in [5.41, 5.74) is 3.12. The van der Waals surface area contributed by atoms with Gasteiger partial charge >= 0.3 is 0 Å². The number of pyridine rings is 1. The summed E-state index contributed by atoms with van der Waals surface area (Å²) in [7, 11) is -0.0561. The first kappa shape index (κ1) is 16.1. The third-order valence-electron chi connectivity index (χ3n) is 4.95. The fourth-order valence-electron chi connectivity index (χ4n) is 4.36. The molecule has 0 radical (unpaired) electrons. The van der Waals surface area contributed by atoms with E-state index in [-0.39, 0.29) is 0 Å². The van der Waals surface area contributed by atoms with Gasteiger partial charge in [0.25, 0.3) is 0 Å². The summed E-state index contributed by atoms with van der Waals surface area (Å²) in [4.78, 5) is 4.43. The van der Waals surface area contributed by atoms with Gasteiger partial charge in [0.1, 0.15) is 5.52 Å². The number of fused-ring (bicyclic) bond motifs is 1. The molecular weight excluding hydrogens is 276 g/mol. The number of aromatic nitrogens is 2. The summed E-state index contributed by atoms with van der Waals surface area (Å²) < 4.78 is 8.10. The first-order valence-corrected chi connectivity index (χ1v) is 10.1. The molecule has 116 valence electrons. The highest BCUT2D eigenvalue weighted by Crippen LogP contribution is 2.45. The Balaban J connectivity index is 2.83. The molecule has 0 aliphatic rings. The Hall–Kier alpha value is -1.29. The van der Waals surface area contributed by atoms with E-state index < -0.39 is 8.24 Å². The van der Waals surface area contributed by atoms with Crippen molar-refractivity contribution in [2.75, 3.05) is 7.11 Å². The lowest BCUT2D eigenvalue weighted by Gasteiger charge is -2.44. The van der Waals surface area contributed by atoms with Gasteiger partial charge < -0.3 is 8.97 Å². The molecule has 2 rings (SSSR count). The average molecular weight is 305 g/mol. The predicted octanol–water partition coefficient (Wildman–Crippen LogP) is 5.07. The third-order valence-corrected chi connectivity index (χ3v) is 11.7. The zero-order valence-corrected chi connectivity index (χ0v) is 15.3. The van der Waals surface area contributed by atoms with Crippen molar-refractivity contribution >= 4 is 19.1 Å². The van der Waals surface area contributed by atoms with Crippen molar-refractivity contribution in [1.29, 1.82) is 0 Å². The molecule has 0 bridgehead atoms. The summed E-state index contributed by atoms with van der Waals surface area (Å²) in [6.07, 6.45) is 4.09. The molecule has 0 unspecified atom stereocenters. The van der Waals surface area contributed by atoms with Crippen molar-refractivity contribution in [3.05, 3.63) is 24.5 Å². The Kier molecular flexibility index (Phi) is 4.47. The highest BCUT2D eigenvalue weighted by Gasteiger charge is 2.46. The molecule has 0 aliphatic carbocycles. The van der Waals surface area contributed by atoms with Crippen LogP contribution in [0.4, 0.5) is 0 Å². The van der Waals surface area contributed by atoms with E-state index in [1.54, 1.807) is 7.11 Å². The molecule has 2 aromatic heterocycles. The van der Waals surface area contributed by atoms with E-state index in [2.05, 4.69) is 69.1 Å². The summed E-state index contributed by atoms with van der Waals surface area (Å²) >= 11 is 0. The maximum Gasteiger partial charge on any atom is 0.237 e. The highest BCUT2D eigenvalue weighted by molar-refractivity contribution is 6.82. The third kappa shape index (κ3) is 2.29. The Morgan fingerprint density at radius 2 is 1.57 bits per heavy atom. The summed E-state index contributed by atoms with van der Waals surface area (Å²) in [5, 5.41) is 1.22. The van der Waals surface area contributed by atoms with Gasteiger partial charge in [-0.15, -0.1) is 0 Å². The van der Waals surface area contributed by atoms with Crippen molar-refractivity contribution in [2.45, 2.75) is 58.2 Å². The number of hydrogen-bond acceptors (Lipinski definition) is 2. The number of rotatable bonds is 5. The van der Waals surface area contributed by atoms with Gasteiger partial charge in [-0.2, -0.15) is 0 Å². The van der Waals surface area contributed by atoms with E-state index >= 15 is 0 Å². The number of methoxy groups -OCH3 is 1. The first-order valence-electron chi connectivity index (χ1n) is 7.87. The highest BCUT2D eigenvalue weighted by atomic mass is 28.3. The molecule has 0 saturated carbocycles. The molecule has 4 heteroatoms. The molecule has 0 saturated heterocycles. The van der Waals surface area contributed by atoms with Crippen molar-refractivity contribution < 1.29 is 4.74 Å². The van der Waals surface area contributed by atoms with Crippen LogP contribution < -0.4 is 4.74 Å². The standard InChI is InChI=1S/C17H28N2OSi/c1-12(2)21(13(3)4,14(5)6)19-11-9-15-8-10-18-17(20-7)16(15)19/h8-14H,1-7H3. The maximum atomic E-state index is 5.55. The lowest BCUT2D eigenvalue weighted by atomic mass is 10.3. The van der Waals surface area contributed by atoms with Crippen LogP contribution in [-0.2, 0) is 0 Å². The van der Waals surface area contributed by atoms with Gasteiger partial charge in [0.2, 0.25) is 5.88 Å². The van der Waals surface area contributed by atoms with E-state index in [4.69, 9.17) is 4.74 Å². The van der Waals surface area contributed by atoms with Gasteiger partial charge in [-0.3, -0.25) is 0 Å². The lowest BCUT2D eigenvalue weighted by molar-refractivity contribution is 0.402. The van der Waals surface area contributed by atoms with Crippen LogP contribution in [0.15, 0.2) is 24.5 Å². The van der Waals surface area contributed by atoms with Crippen LogP contribution in [0.1, 0.15) is 41.5 Å². The minimum atomic E-state index is -1.77. The monoisotopic (exact) mass is 304 g/mol. The van der Waals surface area contributed by atoms with Gasteiger partial charge in [0.15, 0.2) is 8.24 Å². The zero-order chi connectivity index (χ0) is 15.8. The van der Waals surface area contributed by atoms with Crippen molar-refractivity contribution in [3.8, 4) is 5.88 Å². The van der Waals surface area contributed by atoms with Crippen LogP contribution in [0.3, 0.4) is 0 Å². The Morgan fingerprint density at radius 1 is 1.00 bits per heavy atom. The maximum absolute atomic E-state index is 5.55. The molecule has 0 spiro atoms. The molecule has 0 aromatic carbocycles.